The molecule has 1 saturated heterocycles. The Morgan fingerprint density at radius 2 is 2.06 bits per heavy atom. The Balaban J connectivity index is 2.02. The Morgan fingerprint density at radius 1 is 1.39 bits per heavy atom. The maximum absolute atomic E-state index is 6.16. The van der Waals surface area contributed by atoms with E-state index < -0.39 is 0 Å². The molecule has 0 radical (unpaired) electrons. The van der Waals surface area contributed by atoms with Crippen LogP contribution in [0, 0.1) is 5.92 Å². The van der Waals surface area contributed by atoms with Crippen molar-refractivity contribution < 1.29 is 9.47 Å². The number of hydrogen-bond acceptors (Lipinski definition) is 2. The van der Waals surface area contributed by atoms with Crippen LogP contribution in [0.25, 0.3) is 5.57 Å². The van der Waals surface area contributed by atoms with Crippen molar-refractivity contribution in [3.05, 3.63) is 40.4 Å². The third kappa shape index (κ3) is 3.27. The predicted molar refractivity (Wildman–Crippen MR) is 75.0 cm³/mol. The first-order chi connectivity index (χ1) is 8.58. The van der Waals surface area contributed by atoms with E-state index in [1.165, 1.54) is 0 Å². The van der Waals surface area contributed by atoms with Crippen molar-refractivity contribution >= 4 is 28.8 Å². The molecule has 1 aliphatic heterocycles. The summed E-state index contributed by atoms with van der Waals surface area (Å²) in [5, 5.41) is 1.26. The molecule has 0 bridgehead atoms. The fourth-order valence-corrected chi connectivity index (χ4v) is 2.62. The van der Waals surface area contributed by atoms with Crippen LogP contribution in [0.15, 0.2) is 24.8 Å². The zero-order valence-electron chi connectivity index (χ0n) is 10.3. The van der Waals surface area contributed by atoms with Crippen molar-refractivity contribution in [1.29, 1.82) is 0 Å². The Morgan fingerprint density at radius 3 is 2.67 bits per heavy atom. The molecule has 0 aliphatic carbocycles. The summed E-state index contributed by atoms with van der Waals surface area (Å²) in [5.41, 5.74) is 1.91. The van der Waals surface area contributed by atoms with E-state index >= 15 is 0 Å². The van der Waals surface area contributed by atoms with Gasteiger partial charge < -0.3 is 9.47 Å². The largest absolute Gasteiger partial charge is 0.350 e. The number of allylic oxidation sites excluding steroid dienone is 1. The Labute approximate surface area is 117 Å². The average molecular weight is 287 g/mol. The van der Waals surface area contributed by atoms with Crippen molar-refractivity contribution in [3.63, 3.8) is 0 Å². The third-order valence-electron chi connectivity index (χ3n) is 2.99. The summed E-state index contributed by atoms with van der Waals surface area (Å²) in [6.07, 6.45) is 0.652. The van der Waals surface area contributed by atoms with E-state index in [-0.39, 0.29) is 12.2 Å². The monoisotopic (exact) mass is 286 g/mol. The fraction of sp³-hybridized carbons (Fsp3) is 0.429. The average Bonchev–Trinajstić information content (AvgIpc) is 2.81. The molecular formula is C14H16Cl2O2. The first-order valence-corrected chi connectivity index (χ1v) is 6.70. The van der Waals surface area contributed by atoms with Crippen LogP contribution in [0.3, 0.4) is 0 Å². The molecule has 0 spiro atoms. The van der Waals surface area contributed by atoms with Crippen molar-refractivity contribution in [1.82, 2.24) is 0 Å². The summed E-state index contributed by atoms with van der Waals surface area (Å²) in [5.74, 6) is 0.256. The third-order valence-corrected chi connectivity index (χ3v) is 3.54. The first kappa shape index (κ1) is 13.9. The standard InChI is InChI=1S/C14H16Cl2O2/c1-9(7-10(2)14-17-5-6-18-14)12-4-3-11(15)8-13(12)16/h3-4,8,10,14H,1,5-7H2,2H3. The van der Waals surface area contributed by atoms with Crippen LogP contribution in [-0.4, -0.2) is 19.5 Å². The minimum Gasteiger partial charge on any atom is -0.350 e. The maximum atomic E-state index is 6.16. The molecule has 1 fully saturated rings. The number of hydrogen-bond donors (Lipinski definition) is 0. The van der Waals surface area contributed by atoms with Gasteiger partial charge in [-0.3, -0.25) is 0 Å². The molecule has 2 rings (SSSR count). The molecule has 1 unspecified atom stereocenters. The lowest BCUT2D eigenvalue weighted by Crippen LogP contribution is -2.18. The molecule has 98 valence electrons. The molecular weight excluding hydrogens is 271 g/mol. The molecule has 2 nitrogen and oxygen atoms in total. The van der Waals surface area contributed by atoms with Gasteiger partial charge in [0, 0.05) is 16.0 Å². The van der Waals surface area contributed by atoms with Crippen LogP contribution in [0.1, 0.15) is 18.9 Å². The normalized spacial score (nSPS) is 17.9. The molecule has 4 heteroatoms. The van der Waals surface area contributed by atoms with E-state index in [1.54, 1.807) is 6.07 Å². The van der Waals surface area contributed by atoms with Crippen molar-refractivity contribution in [2.75, 3.05) is 13.2 Å². The van der Waals surface area contributed by atoms with Gasteiger partial charge in [0.15, 0.2) is 6.29 Å². The topological polar surface area (TPSA) is 18.5 Å². The highest BCUT2D eigenvalue weighted by atomic mass is 35.5. The zero-order valence-corrected chi connectivity index (χ0v) is 11.8. The highest BCUT2D eigenvalue weighted by molar-refractivity contribution is 6.35. The van der Waals surface area contributed by atoms with Gasteiger partial charge in [0.1, 0.15) is 0 Å². The molecule has 0 aromatic heterocycles. The van der Waals surface area contributed by atoms with Crippen molar-refractivity contribution in [2.45, 2.75) is 19.6 Å². The van der Waals surface area contributed by atoms with Crippen LogP contribution >= 0.6 is 23.2 Å². The van der Waals surface area contributed by atoms with Gasteiger partial charge in [0.05, 0.1) is 13.2 Å². The van der Waals surface area contributed by atoms with Crippen molar-refractivity contribution in [3.8, 4) is 0 Å². The van der Waals surface area contributed by atoms with E-state index in [9.17, 15) is 0 Å². The van der Waals surface area contributed by atoms with Crippen LogP contribution in [0.4, 0.5) is 0 Å². The lowest BCUT2D eigenvalue weighted by atomic mass is 9.96. The van der Waals surface area contributed by atoms with Crippen LogP contribution in [-0.2, 0) is 9.47 Å². The van der Waals surface area contributed by atoms with Gasteiger partial charge in [-0.05, 0) is 29.7 Å². The lowest BCUT2D eigenvalue weighted by Gasteiger charge is -2.19. The van der Waals surface area contributed by atoms with Gasteiger partial charge in [0.2, 0.25) is 0 Å². The summed E-state index contributed by atoms with van der Waals surface area (Å²) in [6, 6.07) is 5.45. The maximum Gasteiger partial charge on any atom is 0.160 e. The van der Waals surface area contributed by atoms with Gasteiger partial charge in [-0.2, -0.15) is 0 Å². The Hall–Kier alpha value is -0.540. The van der Waals surface area contributed by atoms with E-state index in [0.29, 0.717) is 23.3 Å². The molecule has 1 aromatic rings. The highest BCUT2D eigenvalue weighted by Crippen LogP contribution is 2.31. The molecule has 0 N–H and O–H groups in total. The first-order valence-electron chi connectivity index (χ1n) is 5.94. The van der Waals surface area contributed by atoms with Gasteiger partial charge in [-0.25, -0.2) is 0 Å². The summed E-state index contributed by atoms with van der Waals surface area (Å²) in [6.45, 7) is 7.52. The van der Waals surface area contributed by atoms with Crippen molar-refractivity contribution in [2.24, 2.45) is 5.92 Å². The van der Waals surface area contributed by atoms with Gasteiger partial charge >= 0.3 is 0 Å². The number of ether oxygens (including phenoxy) is 2. The summed E-state index contributed by atoms with van der Waals surface area (Å²) >= 11 is 12.0. The van der Waals surface area contributed by atoms with Gasteiger partial charge in [-0.15, -0.1) is 0 Å². The molecule has 1 heterocycles. The minimum atomic E-state index is -0.132. The number of rotatable bonds is 4. The SMILES string of the molecule is C=C(CC(C)C1OCCO1)c1ccc(Cl)cc1Cl. The fourth-order valence-electron chi connectivity index (χ4n) is 2.08. The zero-order chi connectivity index (χ0) is 13.1. The summed E-state index contributed by atoms with van der Waals surface area (Å²) in [7, 11) is 0. The van der Waals surface area contributed by atoms with Crippen LogP contribution in [0.5, 0.6) is 0 Å². The quantitative estimate of drug-likeness (QED) is 0.816. The summed E-state index contributed by atoms with van der Waals surface area (Å²) < 4.78 is 11.0. The van der Waals surface area contributed by atoms with Gasteiger partial charge in [-0.1, -0.05) is 42.8 Å². The molecule has 0 amide bonds. The molecule has 1 atom stereocenters. The number of halogens is 2. The molecule has 1 aromatic carbocycles. The van der Waals surface area contributed by atoms with E-state index in [1.807, 2.05) is 12.1 Å². The predicted octanol–water partition coefficient (Wildman–Crippen LogP) is 4.41. The van der Waals surface area contributed by atoms with E-state index in [0.717, 1.165) is 17.6 Å². The molecule has 1 aliphatic rings. The second-order valence-electron chi connectivity index (χ2n) is 4.52. The lowest BCUT2D eigenvalue weighted by molar-refractivity contribution is -0.0768. The smallest absolute Gasteiger partial charge is 0.160 e. The van der Waals surface area contributed by atoms with E-state index in [2.05, 4.69) is 13.5 Å². The molecule has 0 saturated carbocycles. The van der Waals surface area contributed by atoms with Crippen LogP contribution < -0.4 is 0 Å². The number of benzene rings is 1. The summed E-state index contributed by atoms with van der Waals surface area (Å²) in [4.78, 5) is 0. The van der Waals surface area contributed by atoms with Gasteiger partial charge in [0.25, 0.3) is 0 Å². The molecule has 18 heavy (non-hydrogen) atoms. The van der Waals surface area contributed by atoms with Crippen LogP contribution in [0.2, 0.25) is 10.0 Å². The minimum absolute atomic E-state index is 0.132. The highest BCUT2D eigenvalue weighted by Gasteiger charge is 2.24. The van der Waals surface area contributed by atoms with E-state index in [4.69, 9.17) is 32.7 Å². The second-order valence-corrected chi connectivity index (χ2v) is 5.36. The Bertz CT molecular complexity index is 439. The second kappa shape index (κ2) is 6.07. The Kier molecular flexibility index (Phi) is 4.68.